The summed E-state index contributed by atoms with van der Waals surface area (Å²) in [4.78, 5) is 19.6. The number of methoxy groups -OCH3 is 1. The molecule has 0 N–H and O–H groups in total. The van der Waals surface area contributed by atoms with Crippen LogP contribution < -0.4 is 0 Å². The van der Waals surface area contributed by atoms with E-state index in [4.69, 9.17) is 23.2 Å². The number of aryl methyl sites for hydroxylation is 1. The van der Waals surface area contributed by atoms with Crippen LogP contribution in [-0.2, 0) is 16.0 Å². The van der Waals surface area contributed by atoms with Crippen molar-refractivity contribution in [3.05, 3.63) is 46.2 Å². The van der Waals surface area contributed by atoms with E-state index in [1.807, 2.05) is 12.1 Å². The molecule has 0 radical (unpaired) electrons. The fourth-order valence-corrected chi connectivity index (χ4v) is 1.98. The van der Waals surface area contributed by atoms with Crippen molar-refractivity contribution in [3.8, 4) is 11.4 Å². The van der Waals surface area contributed by atoms with Gasteiger partial charge in [-0.1, -0.05) is 23.2 Å². The Bertz CT molecular complexity index is 615. The Labute approximate surface area is 126 Å². The van der Waals surface area contributed by atoms with Crippen LogP contribution in [0.4, 0.5) is 0 Å². The average molecular weight is 311 g/mol. The van der Waals surface area contributed by atoms with Gasteiger partial charge in [-0.25, -0.2) is 9.97 Å². The van der Waals surface area contributed by atoms with E-state index in [0.29, 0.717) is 22.4 Å². The first-order valence-corrected chi connectivity index (χ1v) is 6.70. The lowest BCUT2D eigenvalue weighted by Gasteiger charge is -2.05. The van der Waals surface area contributed by atoms with Gasteiger partial charge in [0.15, 0.2) is 5.82 Å². The molecule has 0 aliphatic carbocycles. The summed E-state index contributed by atoms with van der Waals surface area (Å²) in [6.07, 6.45) is 2.33. The Morgan fingerprint density at radius 2 is 1.95 bits per heavy atom. The quantitative estimate of drug-likeness (QED) is 0.640. The molecule has 20 heavy (non-hydrogen) atoms. The third-order valence-corrected chi connectivity index (χ3v) is 3.32. The van der Waals surface area contributed by atoms with Gasteiger partial charge in [-0.05, 0) is 30.7 Å². The summed E-state index contributed by atoms with van der Waals surface area (Å²) in [7, 11) is 1.35. The van der Waals surface area contributed by atoms with Crippen molar-refractivity contribution < 1.29 is 9.53 Å². The van der Waals surface area contributed by atoms with Crippen LogP contribution in [0.25, 0.3) is 11.4 Å². The van der Waals surface area contributed by atoms with Gasteiger partial charge in [-0.3, -0.25) is 4.79 Å². The van der Waals surface area contributed by atoms with Gasteiger partial charge in [-0.2, -0.15) is 0 Å². The lowest BCUT2D eigenvalue weighted by molar-refractivity contribution is -0.140. The number of benzene rings is 1. The fourth-order valence-electron chi connectivity index (χ4n) is 1.63. The number of aromatic nitrogens is 2. The van der Waals surface area contributed by atoms with E-state index >= 15 is 0 Å². The van der Waals surface area contributed by atoms with Crippen LogP contribution >= 0.6 is 23.2 Å². The van der Waals surface area contributed by atoms with Crippen LogP contribution in [0, 0.1) is 0 Å². The largest absolute Gasteiger partial charge is 0.469 e. The van der Waals surface area contributed by atoms with Crippen LogP contribution in [0.3, 0.4) is 0 Å². The van der Waals surface area contributed by atoms with Crippen molar-refractivity contribution in [2.45, 2.75) is 12.8 Å². The van der Waals surface area contributed by atoms with Gasteiger partial charge in [-0.15, -0.1) is 0 Å². The van der Waals surface area contributed by atoms with Gasteiger partial charge >= 0.3 is 5.97 Å². The normalized spacial score (nSPS) is 10.3. The maximum atomic E-state index is 11.1. The molecule has 6 heteroatoms. The predicted octanol–water partition coefficient (Wildman–Crippen LogP) is 3.56. The van der Waals surface area contributed by atoms with Gasteiger partial charge in [0.2, 0.25) is 0 Å². The molecular weight excluding hydrogens is 299 g/mol. The Morgan fingerprint density at radius 3 is 2.55 bits per heavy atom. The highest BCUT2D eigenvalue weighted by Gasteiger charge is 2.09. The molecule has 0 aliphatic heterocycles. The van der Waals surface area contributed by atoms with Crippen LogP contribution in [0.15, 0.2) is 30.5 Å². The molecule has 104 valence electrons. The first-order chi connectivity index (χ1) is 9.60. The number of rotatable bonds is 4. The van der Waals surface area contributed by atoms with E-state index in [9.17, 15) is 4.79 Å². The third kappa shape index (κ3) is 3.68. The number of hydrogen-bond donors (Lipinski definition) is 0. The summed E-state index contributed by atoms with van der Waals surface area (Å²) < 4.78 is 4.58. The van der Waals surface area contributed by atoms with Gasteiger partial charge in [0.1, 0.15) is 5.15 Å². The molecule has 0 saturated heterocycles. The van der Waals surface area contributed by atoms with Crippen LogP contribution in [-0.4, -0.2) is 23.0 Å². The highest BCUT2D eigenvalue weighted by atomic mass is 35.5. The van der Waals surface area contributed by atoms with Gasteiger partial charge in [0, 0.05) is 28.8 Å². The molecule has 2 rings (SSSR count). The van der Waals surface area contributed by atoms with Crippen LogP contribution in [0.1, 0.15) is 12.0 Å². The number of ether oxygens (including phenoxy) is 1. The highest BCUT2D eigenvalue weighted by molar-refractivity contribution is 6.30. The molecule has 4 nitrogen and oxygen atoms in total. The minimum Gasteiger partial charge on any atom is -0.469 e. The Hall–Kier alpha value is -1.65. The SMILES string of the molecule is COC(=O)CCc1cnc(-c2ccc(Cl)cc2)nc1Cl. The minimum absolute atomic E-state index is 0.250. The third-order valence-electron chi connectivity index (χ3n) is 2.74. The summed E-state index contributed by atoms with van der Waals surface area (Å²) in [6.45, 7) is 0. The summed E-state index contributed by atoms with van der Waals surface area (Å²) in [5.74, 6) is 0.233. The Kier molecular flexibility index (Phi) is 4.93. The van der Waals surface area contributed by atoms with E-state index < -0.39 is 0 Å². The predicted molar refractivity (Wildman–Crippen MR) is 77.8 cm³/mol. The van der Waals surface area contributed by atoms with Gasteiger partial charge in [0.25, 0.3) is 0 Å². The summed E-state index contributed by atoms with van der Waals surface area (Å²) in [5, 5.41) is 0.989. The molecule has 1 aromatic heterocycles. The topological polar surface area (TPSA) is 52.1 Å². The Morgan fingerprint density at radius 1 is 1.25 bits per heavy atom. The number of halogens is 2. The first-order valence-electron chi connectivity index (χ1n) is 5.94. The second-order valence-electron chi connectivity index (χ2n) is 4.09. The van der Waals surface area contributed by atoms with E-state index in [2.05, 4.69) is 14.7 Å². The van der Waals surface area contributed by atoms with Crippen molar-refractivity contribution in [1.29, 1.82) is 0 Å². The van der Waals surface area contributed by atoms with E-state index in [1.165, 1.54) is 7.11 Å². The van der Waals surface area contributed by atoms with Crippen molar-refractivity contribution in [1.82, 2.24) is 9.97 Å². The smallest absolute Gasteiger partial charge is 0.305 e. The molecule has 2 aromatic rings. The highest BCUT2D eigenvalue weighted by Crippen LogP contribution is 2.21. The molecule has 0 unspecified atom stereocenters. The first kappa shape index (κ1) is 14.8. The molecule has 0 saturated carbocycles. The van der Waals surface area contributed by atoms with Crippen LogP contribution in [0.2, 0.25) is 10.2 Å². The van der Waals surface area contributed by atoms with Crippen molar-refractivity contribution in [2.24, 2.45) is 0 Å². The monoisotopic (exact) mass is 310 g/mol. The molecule has 0 amide bonds. The lowest BCUT2D eigenvalue weighted by Crippen LogP contribution is -2.03. The number of nitrogens with zero attached hydrogens (tertiary/aromatic N) is 2. The number of carbonyl (C=O) groups excluding carboxylic acids is 1. The van der Waals surface area contributed by atoms with Crippen molar-refractivity contribution >= 4 is 29.2 Å². The summed E-state index contributed by atoms with van der Waals surface area (Å²) in [5.41, 5.74) is 1.55. The molecule has 1 heterocycles. The van der Waals surface area contributed by atoms with E-state index in [-0.39, 0.29) is 12.4 Å². The molecule has 0 aliphatic rings. The summed E-state index contributed by atoms with van der Waals surface area (Å²) in [6, 6.07) is 7.17. The molecule has 0 atom stereocenters. The molecule has 1 aromatic carbocycles. The van der Waals surface area contributed by atoms with Crippen molar-refractivity contribution in [3.63, 3.8) is 0 Å². The molecule has 0 spiro atoms. The molecular formula is C14H12Cl2N2O2. The maximum Gasteiger partial charge on any atom is 0.305 e. The summed E-state index contributed by atoms with van der Waals surface area (Å²) >= 11 is 11.9. The number of esters is 1. The second-order valence-corrected chi connectivity index (χ2v) is 4.89. The van der Waals surface area contributed by atoms with E-state index in [0.717, 1.165) is 11.1 Å². The van der Waals surface area contributed by atoms with Crippen LogP contribution in [0.5, 0.6) is 0 Å². The standard InChI is InChI=1S/C14H12Cl2N2O2/c1-20-12(19)7-4-10-8-17-14(18-13(10)16)9-2-5-11(15)6-3-9/h2-3,5-6,8H,4,7H2,1H3. The zero-order valence-corrected chi connectivity index (χ0v) is 12.3. The van der Waals surface area contributed by atoms with Gasteiger partial charge in [0.05, 0.1) is 7.11 Å². The second kappa shape index (κ2) is 6.68. The minimum atomic E-state index is -0.289. The number of carbonyl (C=O) groups is 1. The van der Waals surface area contributed by atoms with E-state index in [1.54, 1.807) is 18.3 Å². The number of hydrogen-bond acceptors (Lipinski definition) is 4. The Balaban J connectivity index is 2.17. The fraction of sp³-hybridized carbons (Fsp3) is 0.214. The van der Waals surface area contributed by atoms with Gasteiger partial charge < -0.3 is 4.74 Å². The lowest BCUT2D eigenvalue weighted by atomic mass is 10.1. The molecule has 0 bridgehead atoms. The zero-order valence-electron chi connectivity index (χ0n) is 10.8. The zero-order chi connectivity index (χ0) is 14.5. The maximum absolute atomic E-state index is 11.1. The van der Waals surface area contributed by atoms with Crippen molar-refractivity contribution in [2.75, 3.05) is 7.11 Å². The average Bonchev–Trinajstić information content (AvgIpc) is 2.46. The molecule has 0 fully saturated rings.